The van der Waals surface area contributed by atoms with Crippen LogP contribution in [-0.4, -0.2) is 265 Å². The minimum Gasteiger partial charge on any atom is -0.504 e. The summed E-state index contributed by atoms with van der Waals surface area (Å²) >= 11 is 1.35. The van der Waals surface area contributed by atoms with Gasteiger partial charge in [-0.05, 0) is 106 Å². The Kier molecular flexibility index (Phi) is 30.5. The first-order valence-corrected chi connectivity index (χ1v) is 33.5. The fourth-order valence-corrected chi connectivity index (χ4v) is 13.9. The molecule has 1 saturated carbocycles. The molecule has 1 aliphatic carbocycles. The van der Waals surface area contributed by atoms with Crippen LogP contribution in [0.3, 0.4) is 0 Å². The van der Waals surface area contributed by atoms with Crippen LogP contribution in [0.25, 0.3) is 21.1 Å². The summed E-state index contributed by atoms with van der Waals surface area (Å²) in [6.45, 7) is 7.78. The highest BCUT2D eigenvalue weighted by molar-refractivity contribution is 7.17. The van der Waals surface area contributed by atoms with Gasteiger partial charge in [0, 0.05) is 113 Å². The van der Waals surface area contributed by atoms with E-state index in [4.69, 9.17) is 15.6 Å². The number of amides is 7. The molecule has 3 aromatic carbocycles. The number of nitrogens with zero attached hydrogens (tertiary/aromatic N) is 6. The topological polar surface area (TPSA) is 427 Å². The first kappa shape index (κ1) is 80.4. The van der Waals surface area contributed by atoms with Crippen molar-refractivity contribution >= 4 is 95.6 Å². The van der Waals surface area contributed by atoms with Crippen LogP contribution in [0, 0.1) is 11.8 Å². The number of anilines is 1. The highest BCUT2D eigenvalue weighted by Crippen LogP contribution is 2.34. The number of phenolic OH excluding ortho intramolecular Hbond substituents is 1. The minimum absolute atomic E-state index is 0. The van der Waals surface area contributed by atoms with Gasteiger partial charge in [-0.25, -0.2) is 0 Å². The first-order chi connectivity index (χ1) is 45.5. The number of fused-ring (bicyclic) bond motifs is 2. The molecule has 7 amide bonds. The van der Waals surface area contributed by atoms with E-state index < -0.39 is 152 Å². The molecular formula is C65H94Cl3N13O16S. The van der Waals surface area contributed by atoms with Crippen LogP contribution >= 0.6 is 48.6 Å². The van der Waals surface area contributed by atoms with Crippen molar-refractivity contribution < 1.29 is 79.2 Å². The number of hydrogen-bond donors (Lipinski definition) is 15. The van der Waals surface area contributed by atoms with Crippen LogP contribution in [0.1, 0.15) is 81.6 Å². The quantitative estimate of drug-likeness (QED) is 0.0490. The summed E-state index contributed by atoms with van der Waals surface area (Å²) in [5, 5.41) is 114. The third-order valence-corrected chi connectivity index (χ3v) is 19.6. The number of aliphatic hydroxyl groups is 7. The lowest BCUT2D eigenvalue weighted by molar-refractivity contribution is -0.147. The third-order valence-electron chi connectivity index (χ3n) is 18.6. The van der Waals surface area contributed by atoms with Crippen molar-refractivity contribution in [3.05, 3.63) is 77.9 Å². The largest absolute Gasteiger partial charge is 0.504 e. The fraction of sp³-hybridized carbons (Fsp3) is 0.585. The normalized spacial score (nSPS) is 27.2. The molecule has 4 aliphatic heterocycles. The SMILES string of the molecule is CC1CCC(N2CCN(c3ccc(-c4nnc(-c5ccc(C(=O)N[C@H]6C[C@@H](O)CNC(=O)[C@@H]7[C@@H](O)[C@@H](C)CN7C(=O)[C@H]([C@H](O)CCN)NC(=O)[C@H]([C@H](O)Cc7ccc(O)c(OCCNCCO)c7)NC(=O)[C@@H]7C[C@@H](O)CN7C(=O)[C@H]([C@@H](C)O)NC6=O)cc5)s4)cc3)CC2)CC1.Cl.Cl.Cl. The average molecular weight is 1450 g/mol. The van der Waals surface area contributed by atoms with Gasteiger partial charge in [0.15, 0.2) is 11.5 Å². The van der Waals surface area contributed by atoms with Crippen LogP contribution in [0.5, 0.6) is 11.5 Å². The standard InChI is InChI=1S/C65H91N13O16S.3ClH/c1-35-4-13-42(14-5-35)75-22-24-76(25-23-75)43-15-11-41(12-16-43)63-74-73-62(95-63)40-9-7-39(8-10-40)57(87)69-46-30-44(81)32-68-61(91)55-56(86)36(2)33-78(55)65(93)54(49(84)18-19-66)72-60(90)53(50(85)28-38-6-17-48(83)51(29-38)94-27-21-67-20-26-79)71-59(89)47-31-45(82)34-77(47)64(92)52(37(3)80)70-58(46)88;;;/h6-12,15-17,29,35-37,42,44-47,49-50,52-56,67,79-86H,4-5,13-14,18-28,30-34,66H2,1-3H3,(H,68,91)(H,69,87)(H,70,88)(H,71,89)(H,72,90);3*1H/t35?,36-,37+,42?,44+,45+,46-,47-,49+,50+,52-,53-,54-,55-,56-;;;/m0.../s1. The fourth-order valence-electron chi connectivity index (χ4n) is 13.1. The van der Waals surface area contributed by atoms with Crippen LogP contribution in [0.4, 0.5) is 5.69 Å². The number of halogens is 3. The molecule has 5 fully saturated rings. The van der Waals surface area contributed by atoms with E-state index in [-0.39, 0.29) is 106 Å². The van der Waals surface area contributed by atoms with Gasteiger partial charge < -0.3 is 97.9 Å². The number of nitrogens with one attached hydrogen (secondary N) is 6. The molecule has 4 saturated heterocycles. The van der Waals surface area contributed by atoms with Crippen molar-refractivity contribution in [3.8, 4) is 32.6 Å². The Bertz CT molecular complexity index is 3300. The number of nitrogens with two attached hydrogens (primary N) is 1. The number of β-amino-alcohol motifs (C(OH)–C–C–N with tert-alkyl or cyclic N) is 1. The molecule has 542 valence electrons. The zero-order valence-electron chi connectivity index (χ0n) is 54.9. The predicted octanol–water partition coefficient (Wildman–Crippen LogP) is -1.20. The van der Waals surface area contributed by atoms with E-state index in [0.717, 1.165) is 60.1 Å². The molecule has 5 aliphatic rings. The van der Waals surface area contributed by atoms with Crippen molar-refractivity contribution in [2.75, 3.05) is 83.6 Å². The number of piperazine rings is 1. The zero-order valence-corrected chi connectivity index (χ0v) is 58.2. The molecule has 0 radical (unpaired) electrons. The van der Waals surface area contributed by atoms with E-state index in [9.17, 15) is 69.3 Å². The minimum atomic E-state index is -2.05. The van der Waals surface area contributed by atoms with Gasteiger partial charge >= 0.3 is 0 Å². The number of benzene rings is 3. The van der Waals surface area contributed by atoms with Crippen LogP contribution in [-0.2, 0) is 35.2 Å². The van der Waals surface area contributed by atoms with Crippen molar-refractivity contribution in [1.29, 1.82) is 0 Å². The molecule has 0 spiro atoms. The smallest absolute Gasteiger partial charge is 0.251 e. The van der Waals surface area contributed by atoms with Crippen LogP contribution in [0.15, 0.2) is 66.7 Å². The second kappa shape index (κ2) is 37.2. The molecule has 13 atom stereocenters. The molecular weight excluding hydrogens is 1360 g/mol. The van der Waals surface area contributed by atoms with Crippen molar-refractivity contribution in [2.45, 2.75) is 151 Å². The summed E-state index contributed by atoms with van der Waals surface area (Å²) in [5.74, 6) is -7.84. The van der Waals surface area contributed by atoms with E-state index in [0.29, 0.717) is 21.6 Å². The Morgan fingerprint density at radius 3 is 1.98 bits per heavy atom. The van der Waals surface area contributed by atoms with E-state index in [2.05, 4.69) is 71.0 Å². The Balaban J connectivity index is 0.00000505. The molecule has 0 bridgehead atoms. The van der Waals surface area contributed by atoms with Crippen molar-refractivity contribution in [2.24, 2.45) is 17.6 Å². The Morgan fingerprint density at radius 2 is 1.35 bits per heavy atom. The summed E-state index contributed by atoms with van der Waals surface area (Å²) in [7, 11) is 0. The molecule has 0 unspecified atom stereocenters. The number of ether oxygens (including phenoxy) is 1. The number of hydrogen-bond acceptors (Lipinski definition) is 23. The molecule has 16 N–H and O–H groups in total. The Hall–Kier alpha value is -6.62. The average Bonchev–Trinajstić information content (AvgIpc) is 1.60. The third kappa shape index (κ3) is 20.1. The molecule has 98 heavy (non-hydrogen) atoms. The monoisotopic (exact) mass is 1450 g/mol. The first-order valence-electron chi connectivity index (χ1n) is 32.7. The summed E-state index contributed by atoms with van der Waals surface area (Å²) in [4.78, 5) is 109. The van der Waals surface area contributed by atoms with Gasteiger partial charge in [-0.15, -0.1) is 47.4 Å². The van der Waals surface area contributed by atoms with Crippen molar-refractivity contribution in [3.63, 3.8) is 0 Å². The Morgan fingerprint density at radius 1 is 0.724 bits per heavy atom. The van der Waals surface area contributed by atoms with Gasteiger partial charge in [-0.2, -0.15) is 0 Å². The Labute approximate surface area is 591 Å². The van der Waals surface area contributed by atoms with Gasteiger partial charge in [-0.3, -0.25) is 38.5 Å². The summed E-state index contributed by atoms with van der Waals surface area (Å²) in [6, 6.07) is 8.21. The lowest BCUT2D eigenvalue weighted by atomic mass is 9.86. The number of rotatable bonds is 19. The van der Waals surface area contributed by atoms with Gasteiger partial charge in [-0.1, -0.05) is 43.4 Å². The van der Waals surface area contributed by atoms with Crippen LogP contribution < -0.4 is 47.3 Å². The second-order valence-corrected chi connectivity index (χ2v) is 26.7. The second-order valence-electron chi connectivity index (χ2n) is 25.7. The number of phenols is 1. The highest BCUT2D eigenvalue weighted by atomic mass is 35.5. The van der Waals surface area contributed by atoms with Gasteiger partial charge in [0.25, 0.3) is 5.91 Å². The highest BCUT2D eigenvalue weighted by Gasteiger charge is 2.50. The number of aromatic hydroxyl groups is 1. The van der Waals surface area contributed by atoms with Gasteiger partial charge in [0.2, 0.25) is 35.4 Å². The summed E-state index contributed by atoms with van der Waals surface area (Å²) in [5.41, 5.74) is 8.77. The lowest BCUT2D eigenvalue weighted by Crippen LogP contribution is -2.64. The molecule has 5 heterocycles. The zero-order chi connectivity index (χ0) is 68.2. The lowest BCUT2D eigenvalue weighted by Gasteiger charge is -2.42. The van der Waals surface area contributed by atoms with E-state index in [1.54, 1.807) is 12.1 Å². The number of aliphatic hydroxyl groups excluding tert-OH is 7. The number of aromatic nitrogens is 2. The number of carbonyl (C=O) groups excluding carboxylic acids is 7. The maximum Gasteiger partial charge on any atom is 0.251 e. The number of carbonyl (C=O) groups is 7. The molecule has 9 rings (SSSR count). The van der Waals surface area contributed by atoms with Gasteiger partial charge in [0.05, 0.1) is 43.2 Å². The summed E-state index contributed by atoms with van der Waals surface area (Å²) < 4.78 is 5.70. The van der Waals surface area contributed by atoms with E-state index in [1.165, 1.54) is 74.3 Å². The molecule has 29 nitrogen and oxygen atoms in total. The van der Waals surface area contributed by atoms with E-state index in [1.807, 2.05) is 12.1 Å². The van der Waals surface area contributed by atoms with E-state index >= 15 is 0 Å². The maximum absolute atomic E-state index is 14.8. The molecule has 33 heteroatoms. The summed E-state index contributed by atoms with van der Waals surface area (Å²) in [6.07, 6.45) is -6.78. The molecule has 1 aromatic heterocycles. The van der Waals surface area contributed by atoms with Gasteiger partial charge in [0.1, 0.15) is 52.9 Å². The molecule has 4 aromatic rings. The maximum atomic E-state index is 14.8. The van der Waals surface area contributed by atoms with Crippen LogP contribution in [0.2, 0.25) is 0 Å². The predicted molar refractivity (Wildman–Crippen MR) is 370 cm³/mol. The van der Waals surface area contributed by atoms with Crippen molar-refractivity contribution in [1.82, 2.24) is 56.8 Å².